The molecule has 4 aliphatic rings. The average molecular weight is 612 g/mol. The van der Waals surface area contributed by atoms with Gasteiger partial charge in [-0.2, -0.15) is 0 Å². The van der Waals surface area contributed by atoms with E-state index in [1.54, 1.807) is 0 Å². The van der Waals surface area contributed by atoms with Crippen molar-refractivity contribution in [3.05, 3.63) is 59.9 Å². The Bertz CT molecular complexity index is 1080. The molecule has 5 rings (SSSR count). The average Bonchev–Trinajstić information content (AvgIpc) is 3.14. The highest BCUT2D eigenvalue weighted by molar-refractivity contribution is 7.78. The molecule has 2 bridgehead atoms. The lowest BCUT2D eigenvalue weighted by Gasteiger charge is -2.50. The van der Waals surface area contributed by atoms with Gasteiger partial charge in [-0.25, -0.2) is 0 Å². The number of piperazine rings is 3. The van der Waals surface area contributed by atoms with Crippen LogP contribution in [-0.2, 0) is 16.5 Å². The summed E-state index contributed by atoms with van der Waals surface area (Å²) in [7, 11) is 4.18. The zero-order valence-corrected chi connectivity index (χ0v) is 28.9. The van der Waals surface area contributed by atoms with Crippen molar-refractivity contribution in [1.29, 1.82) is 0 Å². The second-order valence-electron chi connectivity index (χ2n) is 13.7. The van der Waals surface area contributed by atoms with E-state index < -0.39 is 6.10 Å². The van der Waals surface area contributed by atoms with Crippen LogP contribution in [0, 0.1) is 5.41 Å². The van der Waals surface area contributed by atoms with E-state index in [9.17, 15) is 5.11 Å². The van der Waals surface area contributed by atoms with E-state index in [-0.39, 0.29) is 11.3 Å². The summed E-state index contributed by atoms with van der Waals surface area (Å²) in [5, 5.41) is 12.4. The van der Waals surface area contributed by atoms with Gasteiger partial charge in [0, 0.05) is 68.1 Å². The van der Waals surface area contributed by atoms with Gasteiger partial charge in [0.15, 0.2) is 4.90 Å². The van der Waals surface area contributed by atoms with E-state index in [1.807, 2.05) is 6.92 Å². The molecular weight excluding hydrogens is 550 g/mol. The lowest BCUT2D eigenvalue weighted by Crippen LogP contribution is -2.67. The number of nitrogens with zero attached hydrogens (tertiary/aromatic N) is 3. The maximum absolute atomic E-state index is 12.4. The highest BCUT2D eigenvalue weighted by Crippen LogP contribution is 2.48. The molecule has 1 N–H and O–H groups in total. The highest BCUT2D eigenvalue weighted by Gasteiger charge is 2.48. The Kier molecular flexibility index (Phi) is 12.7. The SMILES string of the molecule is C=C(/C=C\C(=C/C)OCCCC[N+]12CCN(CC1)CC2)[C@@H]1c2cc(N(C)C)ccc2[SH+]CC(CCCC)(CCCC)[C@@H]1O. The summed E-state index contributed by atoms with van der Waals surface area (Å²) in [6, 6.07) is 6.81. The Morgan fingerprint density at radius 3 is 2.35 bits per heavy atom. The van der Waals surface area contributed by atoms with Crippen molar-refractivity contribution >= 4 is 17.4 Å². The number of hydrogen-bond donors (Lipinski definition) is 1. The minimum atomic E-state index is -0.465. The molecule has 0 aromatic heterocycles. The number of aliphatic hydroxyl groups excluding tert-OH is 1. The topological polar surface area (TPSA) is 35.9 Å². The normalized spacial score (nSPS) is 26.7. The number of hydrogen-bond acceptors (Lipinski definition) is 4. The molecule has 240 valence electrons. The molecule has 43 heavy (non-hydrogen) atoms. The first-order valence-corrected chi connectivity index (χ1v) is 18.2. The fraction of sp³-hybridized carbons (Fsp3) is 0.676. The van der Waals surface area contributed by atoms with Crippen molar-refractivity contribution in [1.82, 2.24) is 4.90 Å². The molecule has 2 atom stereocenters. The third-order valence-electron chi connectivity index (χ3n) is 10.5. The second-order valence-corrected chi connectivity index (χ2v) is 14.8. The van der Waals surface area contributed by atoms with Crippen LogP contribution in [0.15, 0.2) is 59.2 Å². The summed E-state index contributed by atoms with van der Waals surface area (Å²) >= 11 is 1.32. The van der Waals surface area contributed by atoms with Crippen LogP contribution in [0.5, 0.6) is 0 Å². The summed E-state index contributed by atoms with van der Waals surface area (Å²) in [4.78, 5) is 6.11. The van der Waals surface area contributed by atoms with E-state index in [0.717, 1.165) is 68.6 Å². The molecular formula is C37H61N3O2S+2. The van der Waals surface area contributed by atoms with Crippen molar-refractivity contribution < 1.29 is 14.3 Å². The van der Waals surface area contributed by atoms with Crippen LogP contribution in [0.1, 0.15) is 83.6 Å². The molecule has 0 saturated carbocycles. The van der Waals surface area contributed by atoms with Gasteiger partial charge in [-0.1, -0.05) is 52.2 Å². The maximum atomic E-state index is 12.4. The van der Waals surface area contributed by atoms with E-state index >= 15 is 0 Å². The predicted octanol–water partition coefficient (Wildman–Crippen LogP) is 6.71. The number of benzene rings is 1. The standard InChI is InChI=1S/C37H60N3O2S/c1-7-10-18-37(19-11-8-2)29-43-34-17-15-31(38(5)6)28-33(34)35(36(37)41)30(4)14-16-32(9-3)42-27-13-12-23-40-24-20-39(21-25-40)22-26-40/h9,14-17,28,35-36,41H,4,7-8,10-13,18-27,29H2,1-3,5-6H3/q+1/p+1/b16-14-,32-9+/t35-,36-/m1/s1. The Morgan fingerprint density at radius 1 is 1.07 bits per heavy atom. The van der Waals surface area contributed by atoms with Crippen LogP contribution in [0.4, 0.5) is 5.69 Å². The van der Waals surface area contributed by atoms with E-state index in [0.29, 0.717) is 0 Å². The number of anilines is 1. The Balaban J connectivity index is 1.46. The van der Waals surface area contributed by atoms with Crippen LogP contribution in [-0.4, -0.2) is 92.9 Å². The summed E-state index contributed by atoms with van der Waals surface area (Å²) in [5.74, 6) is 1.77. The van der Waals surface area contributed by atoms with Gasteiger partial charge < -0.3 is 19.2 Å². The fourth-order valence-corrected chi connectivity index (χ4v) is 8.99. The minimum Gasteiger partial charge on any atom is -0.494 e. The molecule has 0 amide bonds. The first-order valence-electron chi connectivity index (χ1n) is 17.2. The van der Waals surface area contributed by atoms with Crippen molar-refractivity contribution in [2.75, 3.05) is 77.2 Å². The van der Waals surface area contributed by atoms with Crippen molar-refractivity contribution in [3.8, 4) is 0 Å². The van der Waals surface area contributed by atoms with Gasteiger partial charge in [-0.3, -0.25) is 4.90 Å². The number of thiol groups is 1. The number of aliphatic hydroxyl groups is 1. The number of unbranched alkanes of at least 4 members (excludes halogenated alkanes) is 3. The number of quaternary nitrogens is 1. The van der Waals surface area contributed by atoms with Gasteiger partial charge in [0.25, 0.3) is 0 Å². The molecule has 1 aromatic carbocycles. The third kappa shape index (κ3) is 8.51. The summed E-state index contributed by atoms with van der Waals surface area (Å²) in [6.45, 7) is 21.1. The van der Waals surface area contributed by atoms with Gasteiger partial charge in [0.2, 0.25) is 0 Å². The number of rotatable bonds is 16. The number of fused-ring (bicyclic) bond motifs is 4. The molecule has 5 nitrogen and oxygen atoms in total. The van der Waals surface area contributed by atoms with E-state index in [4.69, 9.17) is 4.74 Å². The van der Waals surface area contributed by atoms with Gasteiger partial charge in [-0.05, 0) is 68.5 Å². The Labute approximate surface area is 267 Å². The maximum Gasteiger partial charge on any atom is 0.156 e. The van der Waals surface area contributed by atoms with Crippen LogP contribution in [0.3, 0.4) is 0 Å². The molecule has 3 saturated heterocycles. The summed E-state index contributed by atoms with van der Waals surface area (Å²) in [6.07, 6.45) is 14.9. The summed E-state index contributed by atoms with van der Waals surface area (Å²) in [5.41, 5.74) is 3.28. The van der Waals surface area contributed by atoms with Crippen LogP contribution in [0.25, 0.3) is 0 Å². The van der Waals surface area contributed by atoms with E-state index in [2.05, 4.69) is 80.7 Å². The molecule has 6 heteroatoms. The summed E-state index contributed by atoms with van der Waals surface area (Å²) < 4.78 is 7.59. The van der Waals surface area contributed by atoms with Gasteiger partial charge in [-0.15, -0.1) is 0 Å². The largest absolute Gasteiger partial charge is 0.494 e. The first-order chi connectivity index (χ1) is 20.8. The van der Waals surface area contributed by atoms with Gasteiger partial charge in [0.1, 0.15) is 11.5 Å². The molecule has 0 radical (unpaired) electrons. The number of allylic oxidation sites excluding steroid dienone is 3. The highest BCUT2D eigenvalue weighted by atomic mass is 32.2. The molecule has 0 spiro atoms. The van der Waals surface area contributed by atoms with Crippen molar-refractivity contribution in [2.45, 2.75) is 89.1 Å². The Hall–Kier alpha value is -1.73. The zero-order valence-electron chi connectivity index (χ0n) is 28.0. The molecule has 4 aliphatic heterocycles. The Morgan fingerprint density at radius 2 is 1.74 bits per heavy atom. The van der Waals surface area contributed by atoms with Crippen LogP contribution >= 0.6 is 0 Å². The lowest BCUT2D eigenvalue weighted by atomic mass is 9.68. The molecule has 3 fully saturated rings. The predicted molar refractivity (Wildman–Crippen MR) is 186 cm³/mol. The smallest absolute Gasteiger partial charge is 0.156 e. The molecule has 0 unspecified atom stereocenters. The molecule has 0 aliphatic carbocycles. The van der Waals surface area contributed by atoms with Gasteiger partial charge >= 0.3 is 0 Å². The monoisotopic (exact) mass is 611 g/mol. The first kappa shape index (κ1) is 34.1. The third-order valence-corrected chi connectivity index (χ3v) is 12.1. The zero-order chi connectivity index (χ0) is 30.9. The van der Waals surface area contributed by atoms with Crippen molar-refractivity contribution in [3.63, 3.8) is 0 Å². The lowest BCUT2D eigenvalue weighted by molar-refractivity contribution is -0.941. The van der Waals surface area contributed by atoms with Crippen LogP contribution in [0.2, 0.25) is 0 Å². The number of ether oxygens (including phenoxy) is 1. The van der Waals surface area contributed by atoms with Crippen LogP contribution < -0.4 is 4.90 Å². The molecule has 1 aromatic rings. The minimum absolute atomic E-state index is 0.0980. The molecule has 4 heterocycles. The second kappa shape index (κ2) is 16.0. The van der Waals surface area contributed by atoms with E-state index in [1.165, 1.54) is 84.6 Å². The van der Waals surface area contributed by atoms with Crippen molar-refractivity contribution in [2.24, 2.45) is 5.41 Å². The quantitative estimate of drug-likeness (QED) is 0.0563. The van der Waals surface area contributed by atoms with Gasteiger partial charge in [0.05, 0.1) is 38.9 Å². The fourth-order valence-electron chi connectivity index (χ4n) is 7.44.